The lowest BCUT2D eigenvalue weighted by Gasteiger charge is -2.39. The smallest absolute Gasteiger partial charge is 0.338 e. The highest BCUT2D eigenvalue weighted by Gasteiger charge is 2.42. The normalized spacial score (nSPS) is 16.0. The van der Waals surface area contributed by atoms with Crippen molar-refractivity contribution in [1.82, 2.24) is 0 Å². The van der Waals surface area contributed by atoms with Crippen LogP contribution in [0.5, 0.6) is 0 Å². The minimum atomic E-state index is -0.431. The molecule has 1 fully saturated rings. The molecular formula is C15H19BrN2O3. The first-order chi connectivity index (χ1) is 10.0. The molecule has 1 saturated carbocycles. The summed E-state index contributed by atoms with van der Waals surface area (Å²) in [4.78, 5) is 24.0. The summed E-state index contributed by atoms with van der Waals surface area (Å²) in [5.41, 5.74) is 6.37. The van der Waals surface area contributed by atoms with E-state index in [9.17, 15) is 9.59 Å². The van der Waals surface area contributed by atoms with Gasteiger partial charge in [-0.25, -0.2) is 4.79 Å². The van der Waals surface area contributed by atoms with Gasteiger partial charge in [0.1, 0.15) is 0 Å². The van der Waals surface area contributed by atoms with Gasteiger partial charge >= 0.3 is 5.97 Å². The van der Waals surface area contributed by atoms with Gasteiger partial charge < -0.3 is 15.8 Å². The molecule has 6 heteroatoms. The zero-order chi connectivity index (χ0) is 15.5. The molecule has 114 valence electrons. The summed E-state index contributed by atoms with van der Waals surface area (Å²) in [7, 11) is 0. The first-order valence-corrected chi connectivity index (χ1v) is 7.80. The molecular weight excluding hydrogens is 336 g/mol. The van der Waals surface area contributed by atoms with E-state index >= 15 is 0 Å². The summed E-state index contributed by atoms with van der Waals surface area (Å²) in [5.74, 6) is -0.436. The molecule has 5 nitrogen and oxygen atoms in total. The molecule has 1 aromatic carbocycles. The van der Waals surface area contributed by atoms with Gasteiger partial charge in [0.05, 0.1) is 23.3 Å². The molecule has 0 atom stereocenters. The number of carbonyl (C=O) groups is 2. The quantitative estimate of drug-likeness (QED) is 0.796. The van der Waals surface area contributed by atoms with Gasteiger partial charge in [0.15, 0.2) is 0 Å². The predicted octanol–water partition coefficient (Wildman–Crippen LogP) is 2.69. The predicted molar refractivity (Wildman–Crippen MR) is 84.1 cm³/mol. The van der Waals surface area contributed by atoms with Crippen LogP contribution in [0, 0.1) is 5.41 Å². The highest BCUT2D eigenvalue weighted by Crippen LogP contribution is 2.41. The number of esters is 1. The lowest BCUT2D eigenvalue weighted by molar-refractivity contribution is -0.129. The minimum Gasteiger partial charge on any atom is -0.462 e. The van der Waals surface area contributed by atoms with E-state index in [1.165, 1.54) is 0 Å². The second kappa shape index (κ2) is 6.58. The Labute approximate surface area is 132 Å². The third kappa shape index (κ3) is 3.27. The number of hydrogen-bond donors (Lipinski definition) is 2. The van der Waals surface area contributed by atoms with Crippen LogP contribution < -0.4 is 11.1 Å². The van der Waals surface area contributed by atoms with Crippen molar-refractivity contribution in [3.05, 3.63) is 28.2 Å². The van der Waals surface area contributed by atoms with Crippen LogP contribution in [0.15, 0.2) is 22.7 Å². The summed E-state index contributed by atoms with van der Waals surface area (Å²) < 4.78 is 5.58. The van der Waals surface area contributed by atoms with Gasteiger partial charge in [0.25, 0.3) is 0 Å². The molecule has 0 radical (unpaired) electrons. The summed E-state index contributed by atoms with van der Waals surface area (Å²) >= 11 is 3.37. The number of benzene rings is 1. The SMILES string of the molecule is CCOC(=O)c1ccc(NC(=O)C2(CN)CCC2)c(Br)c1. The summed E-state index contributed by atoms with van der Waals surface area (Å²) in [6.07, 6.45) is 2.69. The maximum absolute atomic E-state index is 12.3. The Morgan fingerprint density at radius 3 is 2.62 bits per heavy atom. The number of amides is 1. The number of halogens is 1. The number of rotatable bonds is 5. The van der Waals surface area contributed by atoms with E-state index in [0.29, 0.717) is 28.9 Å². The van der Waals surface area contributed by atoms with Crippen LogP contribution in [0.3, 0.4) is 0 Å². The third-order valence-corrected chi connectivity index (χ3v) is 4.57. The lowest BCUT2D eigenvalue weighted by Crippen LogP contribution is -2.47. The first kappa shape index (κ1) is 16.0. The zero-order valence-electron chi connectivity index (χ0n) is 11.9. The molecule has 0 heterocycles. The average Bonchev–Trinajstić information content (AvgIpc) is 2.40. The molecule has 0 bridgehead atoms. The zero-order valence-corrected chi connectivity index (χ0v) is 13.5. The van der Waals surface area contributed by atoms with Gasteiger partial charge in [-0.05, 0) is 53.9 Å². The Balaban J connectivity index is 2.11. The monoisotopic (exact) mass is 354 g/mol. The van der Waals surface area contributed by atoms with E-state index in [0.717, 1.165) is 19.3 Å². The Hall–Kier alpha value is -1.40. The van der Waals surface area contributed by atoms with Crippen LogP contribution in [0.2, 0.25) is 0 Å². The van der Waals surface area contributed by atoms with Gasteiger partial charge in [-0.1, -0.05) is 6.42 Å². The van der Waals surface area contributed by atoms with E-state index in [1.807, 2.05) is 0 Å². The molecule has 3 N–H and O–H groups in total. The van der Waals surface area contributed by atoms with Crippen LogP contribution in [-0.2, 0) is 9.53 Å². The fourth-order valence-electron chi connectivity index (χ4n) is 2.34. The van der Waals surface area contributed by atoms with Gasteiger partial charge in [-0.15, -0.1) is 0 Å². The molecule has 1 aliphatic rings. The molecule has 21 heavy (non-hydrogen) atoms. The lowest BCUT2D eigenvalue weighted by atomic mass is 9.68. The third-order valence-electron chi connectivity index (χ3n) is 3.91. The van der Waals surface area contributed by atoms with E-state index in [-0.39, 0.29) is 11.9 Å². The molecule has 0 aliphatic heterocycles. The fourth-order valence-corrected chi connectivity index (χ4v) is 2.82. The average molecular weight is 355 g/mol. The van der Waals surface area contributed by atoms with Crippen LogP contribution in [0.25, 0.3) is 0 Å². The Bertz CT molecular complexity index is 550. The van der Waals surface area contributed by atoms with Crippen molar-refractivity contribution in [3.63, 3.8) is 0 Å². The summed E-state index contributed by atoms with van der Waals surface area (Å²) in [6, 6.07) is 4.97. The number of nitrogens with one attached hydrogen (secondary N) is 1. The minimum absolute atomic E-state index is 0.0548. The topological polar surface area (TPSA) is 81.4 Å². The van der Waals surface area contributed by atoms with Gasteiger partial charge in [-0.3, -0.25) is 4.79 Å². The molecule has 0 aromatic heterocycles. The Morgan fingerprint density at radius 2 is 2.14 bits per heavy atom. The van der Waals surface area contributed by atoms with Crippen LogP contribution in [0.4, 0.5) is 5.69 Å². The fraction of sp³-hybridized carbons (Fsp3) is 0.467. The highest BCUT2D eigenvalue weighted by atomic mass is 79.9. The van der Waals surface area contributed by atoms with Crippen molar-refractivity contribution >= 4 is 33.5 Å². The molecule has 0 unspecified atom stereocenters. The number of nitrogens with two attached hydrogens (primary N) is 1. The summed E-state index contributed by atoms with van der Waals surface area (Å²) in [6.45, 7) is 2.44. The maximum Gasteiger partial charge on any atom is 0.338 e. The second-order valence-corrected chi connectivity index (χ2v) is 6.06. The van der Waals surface area contributed by atoms with E-state index in [2.05, 4.69) is 21.2 Å². The molecule has 1 amide bonds. The van der Waals surface area contributed by atoms with Crippen molar-refractivity contribution in [2.24, 2.45) is 11.1 Å². The Kier molecular flexibility index (Phi) is 5.00. The molecule has 0 saturated heterocycles. The van der Waals surface area contributed by atoms with Crippen molar-refractivity contribution < 1.29 is 14.3 Å². The number of carbonyl (C=O) groups excluding carboxylic acids is 2. The van der Waals surface area contributed by atoms with Gasteiger partial charge in [0, 0.05) is 11.0 Å². The maximum atomic E-state index is 12.3. The second-order valence-electron chi connectivity index (χ2n) is 5.21. The van der Waals surface area contributed by atoms with Crippen molar-refractivity contribution in [3.8, 4) is 0 Å². The molecule has 1 aliphatic carbocycles. The van der Waals surface area contributed by atoms with Crippen LogP contribution in [-0.4, -0.2) is 25.0 Å². The number of hydrogen-bond acceptors (Lipinski definition) is 4. The van der Waals surface area contributed by atoms with Gasteiger partial charge in [-0.2, -0.15) is 0 Å². The molecule has 0 spiro atoms. The van der Waals surface area contributed by atoms with Crippen molar-refractivity contribution in [2.45, 2.75) is 26.2 Å². The van der Waals surface area contributed by atoms with E-state index < -0.39 is 5.41 Å². The highest BCUT2D eigenvalue weighted by molar-refractivity contribution is 9.10. The molecule has 2 rings (SSSR count). The van der Waals surface area contributed by atoms with Crippen LogP contribution in [0.1, 0.15) is 36.5 Å². The standard InChI is InChI=1S/C15H19BrN2O3/c1-2-21-13(19)10-4-5-12(11(16)8-10)18-14(20)15(9-17)6-3-7-15/h4-5,8H,2-3,6-7,9,17H2,1H3,(H,18,20). The summed E-state index contributed by atoms with van der Waals surface area (Å²) in [5, 5.41) is 2.88. The van der Waals surface area contributed by atoms with Gasteiger partial charge in [0.2, 0.25) is 5.91 Å². The number of ether oxygens (including phenoxy) is 1. The Morgan fingerprint density at radius 1 is 1.43 bits per heavy atom. The van der Waals surface area contributed by atoms with Crippen LogP contribution >= 0.6 is 15.9 Å². The molecule has 1 aromatic rings. The van der Waals surface area contributed by atoms with Crippen molar-refractivity contribution in [2.75, 3.05) is 18.5 Å². The number of anilines is 1. The largest absolute Gasteiger partial charge is 0.462 e. The van der Waals surface area contributed by atoms with Crippen molar-refractivity contribution in [1.29, 1.82) is 0 Å². The van der Waals surface area contributed by atoms with E-state index in [4.69, 9.17) is 10.5 Å². The first-order valence-electron chi connectivity index (χ1n) is 7.00. The van der Waals surface area contributed by atoms with E-state index in [1.54, 1.807) is 25.1 Å².